The number of para-hydroxylation sites is 1. The van der Waals surface area contributed by atoms with Gasteiger partial charge in [-0.05, 0) is 97.1 Å². The van der Waals surface area contributed by atoms with E-state index < -0.39 is 10.8 Å². The van der Waals surface area contributed by atoms with Crippen LogP contribution in [0.1, 0.15) is 45.9 Å². The molecular formula is C49H32O. The quantitative estimate of drug-likeness (QED) is 0.183. The van der Waals surface area contributed by atoms with Gasteiger partial charge in [0, 0.05) is 11.1 Å². The summed E-state index contributed by atoms with van der Waals surface area (Å²) in [6.45, 7) is 2.37. The van der Waals surface area contributed by atoms with Crippen molar-refractivity contribution in [3.05, 3.63) is 215 Å². The molecule has 1 heteroatoms. The van der Waals surface area contributed by atoms with Crippen LogP contribution in [-0.2, 0) is 10.8 Å². The Morgan fingerprint density at radius 2 is 1.06 bits per heavy atom. The van der Waals surface area contributed by atoms with Crippen molar-refractivity contribution in [2.75, 3.05) is 0 Å². The molecule has 8 aromatic rings. The number of rotatable bonds is 2. The van der Waals surface area contributed by atoms with E-state index in [1.54, 1.807) is 0 Å². The van der Waals surface area contributed by atoms with Crippen LogP contribution in [0.2, 0.25) is 0 Å². The summed E-state index contributed by atoms with van der Waals surface area (Å²) in [5, 5.41) is 2.58. The van der Waals surface area contributed by atoms with Crippen LogP contribution in [0, 0.1) is 0 Å². The summed E-state index contributed by atoms with van der Waals surface area (Å²) in [6, 6.07) is 64.9. The highest BCUT2D eigenvalue weighted by atomic mass is 16.5. The highest BCUT2D eigenvalue weighted by Crippen LogP contribution is 2.64. The summed E-state index contributed by atoms with van der Waals surface area (Å²) >= 11 is 0. The number of hydrogen-bond acceptors (Lipinski definition) is 1. The van der Waals surface area contributed by atoms with Gasteiger partial charge in [0.1, 0.15) is 11.5 Å². The molecule has 0 radical (unpaired) electrons. The second-order valence-electron chi connectivity index (χ2n) is 14.1. The Kier molecular flexibility index (Phi) is 5.51. The lowest BCUT2D eigenvalue weighted by Gasteiger charge is -2.39. The van der Waals surface area contributed by atoms with E-state index in [1.165, 1.54) is 83.1 Å². The van der Waals surface area contributed by atoms with Crippen molar-refractivity contribution < 1.29 is 4.74 Å². The minimum absolute atomic E-state index is 0.423. The van der Waals surface area contributed by atoms with Crippen molar-refractivity contribution >= 4 is 10.8 Å². The molecule has 1 heterocycles. The highest BCUT2D eigenvalue weighted by Gasteiger charge is 2.52. The second kappa shape index (κ2) is 9.94. The van der Waals surface area contributed by atoms with Crippen LogP contribution in [0.15, 0.2) is 176 Å². The number of ether oxygens (including phenoxy) is 1. The normalized spacial score (nSPS) is 18.8. The van der Waals surface area contributed by atoms with E-state index >= 15 is 0 Å². The summed E-state index contributed by atoms with van der Waals surface area (Å²) in [6.07, 6.45) is 0. The molecule has 0 saturated heterocycles. The van der Waals surface area contributed by atoms with Gasteiger partial charge >= 0.3 is 0 Å². The molecule has 1 nitrogen and oxygen atoms in total. The van der Waals surface area contributed by atoms with Gasteiger partial charge in [0.2, 0.25) is 0 Å². The van der Waals surface area contributed by atoms with Gasteiger partial charge in [-0.15, -0.1) is 0 Å². The molecule has 1 aliphatic heterocycles. The van der Waals surface area contributed by atoms with E-state index in [-0.39, 0.29) is 0 Å². The number of fused-ring (bicyclic) bond motifs is 14. The van der Waals surface area contributed by atoms with Crippen LogP contribution in [0.5, 0.6) is 11.5 Å². The lowest BCUT2D eigenvalue weighted by Crippen LogP contribution is -2.30. The van der Waals surface area contributed by atoms with E-state index in [0.29, 0.717) is 0 Å². The Morgan fingerprint density at radius 1 is 0.420 bits per heavy atom. The molecule has 0 bridgehead atoms. The predicted octanol–water partition coefficient (Wildman–Crippen LogP) is 12.3. The van der Waals surface area contributed by atoms with Gasteiger partial charge in [-0.2, -0.15) is 0 Å². The van der Waals surface area contributed by atoms with Crippen molar-refractivity contribution in [3.63, 3.8) is 0 Å². The maximum absolute atomic E-state index is 6.73. The summed E-state index contributed by atoms with van der Waals surface area (Å²) in [4.78, 5) is 0. The molecule has 0 aromatic heterocycles. The molecule has 0 fully saturated rings. The first-order valence-electron chi connectivity index (χ1n) is 17.5. The molecular weight excluding hydrogens is 605 g/mol. The van der Waals surface area contributed by atoms with E-state index in [0.717, 1.165) is 11.5 Å². The largest absolute Gasteiger partial charge is 0.457 e. The predicted molar refractivity (Wildman–Crippen MR) is 204 cm³/mol. The SMILES string of the molecule is CC1(c2ccccc2)c2ccccc2Oc2cccc(-c3ccc4c(c3)C3(c5ccccc5-4)c4ccccc4-c4c3ccc3ccccc43)c21. The zero-order chi connectivity index (χ0) is 33.0. The fourth-order valence-corrected chi connectivity index (χ4v) is 9.74. The maximum Gasteiger partial charge on any atom is 0.132 e. The van der Waals surface area contributed by atoms with Gasteiger partial charge in [0.25, 0.3) is 0 Å². The summed E-state index contributed by atoms with van der Waals surface area (Å²) in [5.74, 6) is 1.83. The first-order valence-corrected chi connectivity index (χ1v) is 17.5. The van der Waals surface area contributed by atoms with Crippen LogP contribution in [-0.4, -0.2) is 0 Å². The minimum Gasteiger partial charge on any atom is -0.457 e. The van der Waals surface area contributed by atoms with Crippen LogP contribution in [0.4, 0.5) is 0 Å². The van der Waals surface area contributed by atoms with Crippen LogP contribution >= 0.6 is 0 Å². The number of benzene rings is 8. The Hall–Kier alpha value is -6.18. The summed E-state index contributed by atoms with van der Waals surface area (Å²) in [5.41, 5.74) is 15.9. The van der Waals surface area contributed by atoms with Gasteiger partial charge in [-0.1, -0.05) is 158 Å². The molecule has 2 aliphatic carbocycles. The Morgan fingerprint density at radius 3 is 1.92 bits per heavy atom. The topological polar surface area (TPSA) is 9.23 Å². The third-order valence-corrected chi connectivity index (χ3v) is 11.8. The standard InChI is InChI=1S/C49H32O/c1-48(33-15-3-2-4-16-33)41-23-11-12-24-44(41)50-45-25-13-20-35(47(45)48)32-26-28-37-36-18-7-9-21-39(36)49(43(37)30-32)40-22-10-8-19-38(40)46-34-17-6-5-14-31(34)27-29-42(46)49/h2-30H,1H3. The summed E-state index contributed by atoms with van der Waals surface area (Å²) in [7, 11) is 0. The molecule has 234 valence electrons. The number of hydrogen-bond donors (Lipinski definition) is 0. The monoisotopic (exact) mass is 636 g/mol. The third-order valence-electron chi connectivity index (χ3n) is 11.8. The fourth-order valence-electron chi connectivity index (χ4n) is 9.74. The smallest absolute Gasteiger partial charge is 0.132 e. The van der Waals surface area contributed by atoms with Crippen molar-refractivity contribution in [1.82, 2.24) is 0 Å². The molecule has 0 amide bonds. The first kappa shape index (κ1) is 27.7. The van der Waals surface area contributed by atoms with Crippen LogP contribution < -0.4 is 4.74 Å². The molecule has 1 spiro atoms. The van der Waals surface area contributed by atoms with Crippen LogP contribution in [0.3, 0.4) is 0 Å². The maximum atomic E-state index is 6.73. The van der Waals surface area contributed by atoms with Crippen molar-refractivity contribution in [2.24, 2.45) is 0 Å². The molecule has 2 unspecified atom stereocenters. The zero-order valence-electron chi connectivity index (χ0n) is 27.7. The minimum atomic E-state index is -0.432. The van der Waals surface area contributed by atoms with E-state index in [2.05, 4.69) is 183 Å². The fraction of sp³-hybridized carbons (Fsp3) is 0.0612. The molecule has 3 aliphatic rings. The van der Waals surface area contributed by atoms with Gasteiger partial charge in [0.15, 0.2) is 0 Å². The second-order valence-corrected chi connectivity index (χ2v) is 14.1. The molecule has 2 atom stereocenters. The lowest BCUT2D eigenvalue weighted by atomic mass is 9.66. The van der Waals surface area contributed by atoms with Gasteiger partial charge in [-0.3, -0.25) is 0 Å². The van der Waals surface area contributed by atoms with Gasteiger partial charge < -0.3 is 4.74 Å². The zero-order valence-corrected chi connectivity index (χ0v) is 27.7. The average Bonchev–Trinajstić information content (AvgIpc) is 3.65. The van der Waals surface area contributed by atoms with Crippen molar-refractivity contribution in [3.8, 4) is 44.9 Å². The van der Waals surface area contributed by atoms with E-state index in [4.69, 9.17) is 4.74 Å². The Labute approximate surface area is 292 Å². The van der Waals surface area contributed by atoms with Crippen LogP contribution in [0.25, 0.3) is 44.2 Å². The highest BCUT2D eigenvalue weighted by molar-refractivity contribution is 6.06. The molecule has 0 saturated carbocycles. The molecule has 8 aromatic carbocycles. The Bertz CT molecular complexity index is 2700. The lowest BCUT2D eigenvalue weighted by molar-refractivity contribution is 0.428. The average molecular weight is 637 g/mol. The Balaban J connectivity index is 1.22. The molecule has 0 N–H and O–H groups in total. The summed E-state index contributed by atoms with van der Waals surface area (Å²) < 4.78 is 6.73. The first-order chi connectivity index (χ1) is 24.7. The van der Waals surface area contributed by atoms with E-state index in [9.17, 15) is 0 Å². The van der Waals surface area contributed by atoms with Crippen molar-refractivity contribution in [1.29, 1.82) is 0 Å². The van der Waals surface area contributed by atoms with Gasteiger partial charge in [-0.25, -0.2) is 0 Å². The van der Waals surface area contributed by atoms with Gasteiger partial charge in [0.05, 0.1) is 10.8 Å². The molecule has 50 heavy (non-hydrogen) atoms. The third kappa shape index (κ3) is 3.37. The van der Waals surface area contributed by atoms with E-state index in [1.807, 2.05) is 0 Å². The molecule has 11 rings (SSSR count). The van der Waals surface area contributed by atoms with Crippen molar-refractivity contribution in [2.45, 2.75) is 17.8 Å².